The molecular formula is C18H23N3O2. The van der Waals surface area contributed by atoms with Gasteiger partial charge in [0.25, 0.3) is 5.91 Å². The van der Waals surface area contributed by atoms with E-state index in [-0.39, 0.29) is 12.0 Å². The molecule has 0 aliphatic carbocycles. The minimum Gasteiger partial charge on any atom is -0.379 e. The highest BCUT2D eigenvalue weighted by Gasteiger charge is 2.32. The van der Waals surface area contributed by atoms with E-state index in [0.717, 1.165) is 19.4 Å². The van der Waals surface area contributed by atoms with Gasteiger partial charge in [0.05, 0.1) is 6.10 Å². The van der Waals surface area contributed by atoms with Crippen molar-refractivity contribution in [2.75, 3.05) is 20.2 Å². The summed E-state index contributed by atoms with van der Waals surface area (Å²) in [7, 11) is 3.55. The summed E-state index contributed by atoms with van der Waals surface area (Å²) >= 11 is 0. The highest BCUT2D eigenvalue weighted by Crippen LogP contribution is 2.25. The van der Waals surface area contributed by atoms with Crippen molar-refractivity contribution in [1.82, 2.24) is 14.7 Å². The monoisotopic (exact) mass is 313 g/mol. The number of carbonyl (C=O) groups is 1. The van der Waals surface area contributed by atoms with Gasteiger partial charge in [0.1, 0.15) is 5.69 Å². The standard InChI is InChI=1S/C18H23N3O2/c1-20-10-9-16(19-20)18(22)21-11-8-15(17(13-21)23-2)12-14-6-4-3-5-7-14/h3-7,9-10,15,17H,8,11-13H2,1-2H3/t15-,17+/m1/s1. The van der Waals surface area contributed by atoms with E-state index in [1.807, 2.05) is 18.0 Å². The van der Waals surface area contributed by atoms with Gasteiger partial charge in [-0.2, -0.15) is 5.10 Å². The Bertz CT molecular complexity index is 653. The maximum atomic E-state index is 12.5. The number of nitrogens with zero attached hydrogens (tertiary/aromatic N) is 3. The van der Waals surface area contributed by atoms with Crippen LogP contribution in [0.4, 0.5) is 0 Å². The predicted molar refractivity (Wildman–Crippen MR) is 88.2 cm³/mol. The van der Waals surface area contributed by atoms with Crippen LogP contribution >= 0.6 is 0 Å². The molecule has 1 aliphatic heterocycles. The van der Waals surface area contributed by atoms with Gasteiger partial charge in [-0.3, -0.25) is 9.48 Å². The van der Waals surface area contributed by atoms with Gasteiger partial charge < -0.3 is 9.64 Å². The van der Waals surface area contributed by atoms with Crippen molar-refractivity contribution in [1.29, 1.82) is 0 Å². The number of ether oxygens (including phenoxy) is 1. The zero-order valence-electron chi connectivity index (χ0n) is 13.7. The number of carbonyl (C=O) groups excluding carboxylic acids is 1. The number of likely N-dealkylation sites (tertiary alicyclic amines) is 1. The molecule has 2 heterocycles. The molecule has 1 aliphatic rings. The minimum atomic E-state index is -0.00851. The van der Waals surface area contributed by atoms with Crippen LogP contribution in [-0.2, 0) is 18.2 Å². The van der Waals surface area contributed by atoms with Crippen LogP contribution in [-0.4, -0.2) is 46.9 Å². The first-order chi connectivity index (χ1) is 11.2. The van der Waals surface area contributed by atoms with Gasteiger partial charge in [0.2, 0.25) is 0 Å². The summed E-state index contributed by atoms with van der Waals surface area (Å²) in [5.41, 5.74) is 1.83. The number of amides is 1. The van der Waals surface area contributed by atoms with E-state index in [1.54, 1.807) is 24.1 Å². The molecular weight excluding hydrogens is 290 g/mol. The Morgan fingerprint density at radius 3 is 2.74 bits per heavy atom. The first-order valence-corrected chi connectivity index (χ1v) is 8.03. The van der Waals surface area contributed by atoms with Crippen LogP contribution in [0.3, 0.4) is 0 Å². The molecule has 0 N–H and O–H groups in total. The molecule has 3 rings (SSSR count). The molecule has 2 aromatic rings. The second kappa shape index (κ2) is 6.96. The van der Waals surface area contributed by atoms with Crippen molar-refractivity contribution < 1.29 is 9.53 Å². The molecule has 0 bridgehead atoms. The molecule has 1 aromatic heterocycles. The smallest absolute Gasteiger partial charge is 0.274 e. The normalized spacial score (nSPS) is 21.4. The van der Waals surface area contributed by atoms with E-state index in [9.17, 15) is 4.79 Å². The van der Waals surface area contributed by atoms with Gasteiger partial charge in [-0.15, -0.1) is 0 Å². The Morgan fingerprint density at radius 1 is 1.30 bits per heavy atom. The topological polar surface area (TPSA) is 47.4 Å². The molecule has 0 saturated carbocycles. The Morgan fingerprint density at radius 2 is 2.09 bits per heavy atom. The number of methoxy groups -OCH3 is 1. The molecule has 1 aromatic carbocycles. The van der Waals surface area contributed by atoms with Crippen molar-refractivity contribution in [3.05, 3.63) is 53.9 Å². The van der Waals surface area contributed by atoms with Crippen molar-refractivity contribution in [2.45, 2.75) is 18.9 Å². The largest absolute Gasteiger partial charge is 0.379 e. The quantitative estimate of drug-likeness (QED) is 0.869. The summed E-state index contributed by atoms with van der Waals surface area (Å²) in [6.45, 7) is 1.39. The highest BCUT2D eigenvalue weighted by atomic mass is 16.5. The Labute approximate surface area is 136 Å². The molecule has 0 spiro atoms. The number of aromatic nitrogens is 2. The molecule has 1 fully saturated rings. The van der Waals surface area contributed by atoms with Crippen molar-refractivity contribution >= 4 is 5.91 Å². The Hall–Kier alpha value is -2.14. The molecule has 122 valence electrons. The molecule has 0 unspecified atom stereocenters. The van der Waals surface area contributed by atoms with Gasteiger partial charge >= 0.3 is 0 Å². The van der Waals surface area contributed by atoms with Crippen LogP contribution in [0.1, 0.15) is 22.5 Å². The van der Waals surface area contributed by atoms with E-state index in [1.165, 1.54) is 5.56 Å². The molecule has 1 saturated heterocycles. The summed E-state index contributed by atoms with van der Waals surface area (Å²) in [6, 6.07) is 12.2. The molecule has 0 radical (unpaired) electrons. The number of benzene rings is 1. The fourth-order valence-corrected chi connectivity index (χ4v) is 3.26. The van der Waals surface area contributed by atoms with E-state index >= 15 is 0 Å². The predicted octanol–water partition coefficient (Wildman–Crippen LogP) is 2.14. The third-order valence-electron chi connectivity index (χ3n) is 4.56. The van der Waals surface area contributed by atoms with Crippen LogP contribution in [0, 0.1) is 5.92 Å². The Kier molecular flexibility index (Phi) is 4.76. The average Bonchev–Trinajstić information content (AvgIpc) is 3.02. The molecule has 5 nitrogen and oxygen atoms in total. The van der Waals surface area contributed by atoms with Crippen molar-refractivity contribution in [3.8, 4) is 0 Å². The fourth-order valence-electron chi connectivity index (χ4n) is 3.26. The number of hydrogen-bond acceptors (Lipinski definition) is 3. The van der Waals surface area contributed by atoms with Crippen LogP contribution in [0.15, 0.2) is 42.6 Å². The SMILES string of the molecule is CO[C@H]1CN(C(=O)c2ccn(C)n2)CC[C@@H]1Cc1ccccc1. The second-order valence-corrected chi connectivity index (χ2v) is 6.14. The molecule has 5 heteroatoms. The van der Waals surface area contributed by atoms with Gasteiger partial charge in [0.15, 0.2) is 0 Å². The molecule has 1 amide bonds. The summed E-state index contributed by atoms with van der Waals surface area (Å²) in [4.78, 5) is 14.4. The lowest BCUT2D eigenvalue weighted by Gasteiger charge is -2.37. The van der Waals surface area contributed by atoms with Crippen LogP contribution in [0.5, 0.6) is 0 Å². The fraction of sp³-hybridized carbons (Fsp3) is 0.444. The maximum absolute atomic E-state index is 12.5. The van der Waals surface area contributed by atoms with Crippen LogP contribution < -0.4 is 0 Å². The number of aryl methyl sites for hydroxylation is 1. The zero-order chi connectivity index (χ0) is 16.2. The van der Waals surface area contributed by atoms with Gasteiger partial charge in [-0.1, -0.05) is 30.3 Å². The third kappa shape index (κ3) is 3.62. The number of rotatable bonds is 4. The minimum absolute atomic E-state index is 0.00851. The number of hydrogen-bond donors (Lipinski definition) is 0. The summed E-state index contributed by atoms with van der Waals surface area (Å²) in [6.07, 6.45) is 3.80. The molecule has 23 heavy (non-hydrogen) atoms. The summed E-state index contributed by atoms with van der Waals surface area (Å²) in [5, 5.41) is 4.21. The lowest BCUT2D eigenvalue weighted by molar-refractivity contribution is -0.00718. The average molecular weight is 313 g/mol. The second-order valence-electron chi connectivity index (χ2n) is 6.14. The lowest BCUT2D eigenvalue weighted by atomic mass is 9.87. The summed E-state index contributed by atoms with van der Waals surface area (Å²) < 4.78 is 7.33. The zero-order valence-corrected chi connectivity index (χ0v) is 13.7. The maximum Gasteiger partial charge on any atom is 0.274 e. The highest BCUT2D eigenvalue weighted by molar-refractivity contribution is 5.92. The number of piperidine rings is 1. The van der Waals surface area contributed by atoms with Gasteiger partial charge in [-0.25, -0.2) is 0 Å². The van der Waals surface area contributed by atoms with Crippen molar-refractivity contribution in [3.63, 3.8) is 0 Å². The molecule has 2 atom stereocenters. The first kappa shape index (κ1) is 15.7. The third-order valence-corrected chi connectivity index (χ3v) is 4.56. The van der Waals surface area contributed by atoms with Gasteiger partial charge in [-0.05, 0) is 30.4 Å². The van der Waals surface area contributed by atoms with Crippen LogP contribution in [0.2, 0.25) is 0 Å². The van der Waals surface area contributed by atoms with Gasteiger partial charge in [0, 0.05) is 33.4 Å². The first-order valence-electron chi connectivity index (χ1n) is 8.03. The lowest BCUT2D eigenvalue weighted by Crippen LogP contribution is -2.48. The van der Waals surface area contributed by atoms with Crippen LogP contribution in [0.25, 0.3) is 0 Å². The van der Waals surface area contributed by atoms with E-state index in [0.29, 0.717) is 18.2 Å². The van der Waals surface area contributed by atoms with E-state index in [4.69, 9.17) is 4.74 Å². The Balaban J connectivity index is 1.65. The van der Waals surface area contributed by atoms with E-state index < -0.39 is 0 Å². The van der Waals surface area contributed by atoms with Crippen molar-refractivity contribution in [2.24, 2.45) is 13.0 Å². The summed E-state index contributed by atoms with van der Waals surface area (Å²) in [5.74, 6) is 0.431. The van der Waals surface area contributed by atoms with E-state index in [2.05, 4.69) is 29.4 Å².